The second-order valence-electron chi connectivity index (χ2n) is 5.64. The van der Waals surface area contributed by atoms with Crippen LogP contribution in [0.4, 0.5) is 0 Å². The molecule has 1 aromatic carbocycles. The van der Waals surface area contributed by atoms with Gasteiger partial charge in [-0.2, -0.15) is 0 Å². The first-order valence-corrected chi connectivity index (χ1v) is 7.38. The lowest BCUT2D eigenvalue weighted by Gasteiger charge is -2.18. The number of hydrogen-bond acceptors (Lipinski definition) is 4. The van der Waals surface area contributed by atoms with E-state index >= 15 is 0 Å². The van der Waals surface area contributed by atoms with Gasteiger partial charge >= 0.3 is 0 Å². The van der Waals surface area contributed by atoms with Gasteiger partial charge in [0.15, 0.2) is 11.5 Å². The van der Waals surface area contributed by atoms with Gasteiger partial charge in [0.05, 0.1) is 26.9 Å². The summed E-state index contributed by atoms with van der Waals surface area (Å²) < 4.78 is 16.8. The largest absolute Gasteiger partial charge is 0.493 e. The van der Waals surface area contributed by atoms with E-state index < -0.39 is 0 Å². The van der Waals surface area contributed by atoms with Gasteiger partial charge in [-0.15, -0.1) is 0 Å². The molecule has 0 bridgehead atoms. The van der Waals surface area contributed by atoms with Crippen LogP contribution in [0.2, 0.25) is 0 Å². The average Bonchev–Trinajstić information content (AvgIpc) is 2.85. The molecule has 3 unspecified atom stereocenters. The summed E-state index contributed by atoms with van der Waals surface area (Å²) in [5, 5.41) is 3.66. The van der Waals surface area contributed by atoms with E-state index in [9.17, 15) is 0 Å². The van der Waals surface area contributed by atoms with Gasteiger partial charge in [-0.05, 0) is 36.5 Å². The molecule has 0 radical (unpaired) electrons. The molecule has 0 amide bonds. The van der Waals surface area contributed by atoms with Crippen LogP contribution in [0.15, 0.2) is 18.2 Å². The van der Waals surface area contributed by atoms with Crippen molar-refractivity contribution in [1.82, 2.24) is 5.32 Å². The Labute approximate surface area is 120 Å². The van der Waals surface area contributed by atoms with Crippen LogP contribution in [0.25, 0.3) is 0 Å². The van der Waals surface area contributed by atoms with Gasteiger partial charge in [0, 0.05) is 12.6 Å². The lowest BCUT2D eigenvalue weighted by atomic mass is 10.1. The summed E-state index contributed by atoms with van der Waals surface area (Å²) >= 11 is 0. The number of hydrogen-bond donors (Lipinski definition) is 1. The van der Waals surface area contributed by atoms with E-state index in [2.05, 4.69) is 11.4 Å². The summed E-state index contributed by atoms with van der Waals surface area (Å²) in [4.78, 5) is 0. The molecule has 0 aromatic heterocycles. The Kier molecular flexibility index (Phi) is 4.13. The van der Waals surface area contributed by atoms with Crippen LogP contribution in [0, 0.1) is 5.92 Å². The highest BCUT2D eigenvalue weighted by Gasteiger charge is 2.31. The zero-order valence-corrected chi connectivity index (χ0v) is 12.2. The normalized spacial score (nSPS) is 29.6. The number of fused-ring (bicyclic) bond motifs is 1. The summed E-state index contributed by atoms with van der Waals surface area (Å²) in [7, 11) is 3.32. The molecular weight excluding hydrogens is 254 g/mol. The van der Waals surface area contributed by atoms with Crippen molar-refractivity contribution in [3.63, 3.8) is 0 Å². The Hall–Kier alpha value is -1.26. The van der Waals surface area contributed by atoms with Gasteiger partial charge in [0.1, 0.15) is 0 Å². The molecule has 2 fully saturated rings. The van der Waals surface area contributed by atoms with E-state index in [1.165, 1.54) is 19.3 Å². The molecule has 3 atom stereocenters. The van der Waals surface area contributed by atoms with Gasteiger partial charge in [-0.1, -0.05) is 12.5 Å². The molecule has 1 aliphatic carbocycles. The van der Waals surface area contributed by atoms with Crippen LogP contribution in [0.5, 0.6) is 11.5 Å². The van der Waals surface area contributed by atoms with Crippen molar-refractivity contribution in [3.8, 4) is 11.5 Å². The van der Waals surface area contributed by atoms with Crippen molar-refractivity contribution in [2.24, 2.45) is 5.92 Å². The highest BCUT2D eigenvalue weighted by molar-refractivity contribution is 5.43. The molecular formula is C16H23NO3. The lowest BCUT2D eigenvalue weighted by Crippen LogP contribution is -2.32. The van der Waals surface area contributed by atoms with Gasteiger partial charge in [0.2, 0.25) is 0 Å². The maximum absolute atomic E-state index is 6.12. The van der Waals surface area contributed by atoms with Crippen molar-refractivity contribution >= 4 is 0 Å². The predicted octanol–water partition coefficient (Wildman–Crippen LogP) is 2.53. The SMILES string of the molecule is COc1ccc(C2CNC3CCCC3CO2)cc1OC. The van der Waals surface area contributed by atoms with Crippen molar-refractivity contribution < 1.29 is 14.2 Å². The van der Waals surface area contributed by atoms with Gasteiger partial charge < -0.3 is 19.5 Å². The topological polar surface area (TPSA) is 39.7 Å². The van der Waals surface area contributed by atoms with Gasteiger partial charge in [-0.3, -0.25) is 0 Å². The summed E-state index contributed by atoms with van der Waals surface area (Å²) in [5.41, 5.74) is 1.15. The molecule has 3 rings (SSSR count). The van der Waals surface area contributed by atoms with E-state index in [-0.39, 0.29) is 6.10 Å². The summed E-state index contributed by atoms with van der Waals surface area (Å²) in [6.07, 6.45) is 4.00. The van der Waals surface area contributed by atoms with E-state index in [1.807, 2.05) is 12.1 Å². The smallest absolute Gasteiger partial charge is 0.161 e. The van der Waals surface area contributed by atoms with Crippen LogP contribution >= 0.6 is 0 Å². The Balaban J connectivity index is 1.75. The molecule has 4 heteroatoms. The van der Waals surface area contributed by atoms with Crippen molar-refractivity contribution in [2.75, 3.05) is 27.4 Å². The molecule has 1 heterocycles. The van der Waals surface area contributed by atoms with E-state index in [1.54, 1.807) is 14.2 Å². The second kappa shape index (κ2) is 6.02. The Morgan fingerprint density at radius 3 is 2.80 bits per heavy atom. The first kappa shape index (κ1) is 13.7. The molecule has 1 aromatic rings. The second-order valence-corrected chi connectivity index (χ2v) is 5.64. The molecule has 1 N–H and O–H groups in total. The summed E-state index contributed by atoms with van der Waals surface area (Å²) in [6.45, 7) is 1.73. The fourth-order valence-electron chi connectivity index (χ4n) is 3.33. The first-order valence-electron chi connectivity index (χ1n) is 7.38. The Morgan fingerprint density at radius 1 is 1.15 bits per heavy atom. The number of benzene rings is 1. The van der Waals surface area contributed by atoms with Crippen molar-refractivity contribution in [2.45, 2.75) is 31.4 Å². The third-order valence-corrected chi connectivity index (χ3v) is 4.52. The zero-order chi connectivity index (χ0) is 13.9. The van der Waals surface area contributed by atoms with Crippen molar-refractivity contribution in [1.29, 1.82) is 0 Å². The number of ether oxygens (including phenoxy) is 3. The summed E-state index contributed by atoms with van der Waals surface area (Å²) in [6, 6.07) is 6.67. The minimum Gasteiger partial charge on any atom is -0.493 e. The molecule has 4 nitrogen and oxygen atoms in total. The lowest BCUT2D eigenvalue weighted by molar-refractivity contribution is 0.0472. The fraction of sp³-hybridized carbons (Fsp3) is 0.625. The first-order chi connectivity index (χ1) is 9.81. The minimum atomic E-state index is 0.0976. The Morgan fingerprint density at radius 2 is 2.00 bits per heavy atom. The molecule has 20 heavy (non-hydrogen) atoms. The maximum atomic E-state index is 6.12. The van der Waals surface area contributed by atoms with Crippen molar-refractivity contribution in [3.05, 3.63) is 23.8 Å². The average molecular weight is 277 g/mol. The van der Waals surface area contributed by atoms with Gasteiger partial charge in [-0.25, -0.2) is 0 Å². The molecule has 1 saturated heterocycles. The van der Waals surface area contributed by atoms with Crippen LogP contribution in [0.3, 0.4) is 0 Å². The summed E-state index contributed by atoms with van der Waals surface area (Å²) in [5.74, 6) is 2.20. The minimum absolute atomic E-state index is 0.0976. The Bertz CT molecular complexity index is 449. The highest BCUT2D eigenvalue weighted by Crippen LogP contribution is 2.34. The molecule has 1 aliphatic heterocycles. The predicted molar refractivity (Wildman–Crippen MR) is 77.4 cm³/mol. The highest BCUT2D eigenvalue weighted by atomic mass is 16.5. The number of methoxy groups -OCH3 is 2. The fourth-order valence-corrected chi connectivity index (χ4v) is 3.33. The van der Waals surface area contributed by atoms with Crippen LogP contribution in [-0.4, -0.2) is 33.4 Å². The van der Waals surface area contributed by atoms with Crippen LogP contribution in [0.1, 0.15) is 30.9 Å². The molecule has 1 saturated carbocycles. The quantitative estimate of drug-likeness (QED) is 0.921. The number of rotatable bonds is 3. The molecule has 110 valence electrons. The van der Waals surface area contributed by atoms with E-state index in [4.69, 9.17) is 14.2 Å². The number of nitrogens with one attached hydrogen (secondary N) is 1. The third-order valence-electron chi connectivity index (χ3n) is 4.52. The third kappa shape index (κ3) is 2.63. The van der Waals surface area contributed by atoms with E-state index in [0.29, 0.717) is 12.0 Å². The molecule has 2 aliphatic rings. The standard InChI is InChI=1S/C16H23NO3/c1-18-14-7-6-11(8-15(14)19-2)16-9-17-13-5-3-4-12(13)10-20-16/h6-8,12-13,16-17H,3-5,9-10H2,1-2H3. The molecule has 0 spiro atoms. The maximum Gasteiger partial charge on any atom is 0.161 e. The zero-order valence-electron chi connectivity index (χ0n) is 12.2. The van der Waals surface area contributed by atoms with Crippen LogP contribution < -0.4 is 14.8 Å². The van der Waals surface area contributed by atoms with E-state index in [0.717, 1.165) is 30.2 Å². The van der Waals surface area contributed by atoms with Gasteiger partial charge in [0.25, 0.3) is 0 Å². The monoisotopic (exact) mass is 277 g/mol. The van der Waals surface area contributed by atoms with Crippen LogP contribution in [-0.2, 0) is 4.74 Å².